The van der Waals surface area contributed by atoms with Crippen molar-refractivity contribution in [2.45, 2.75) is 11.8 Å². The van der Waals surface area contributed by atoms with E-state index >= 15 is 0 Å². The maximum absolute atomic E-state index is 11.5. The van der Waals surface area contributed by atoms with Crippen molar-refractivity contribution >= 4 is 27.5 Å². The van der Waals surface area contributed by atoms with Crippen LogP contribution in [0.2, 0.25) is 0 Å². The quantitative estimate of drug-likeness (QED) is 0.486. The van der Waals surface area contributed by atoms with Crippen molar-refractivity contribution < 1.29 is 27.0 Å². The summed E-state index contributed by atoms with van der Waals surface area (Å²) in [5.74, 6) is -0.359. The molecule has 0 aliphatic carbocycles. The maximum atomic E-state index is 11.5. The Hall–Kier alpha value is -0.428. The van der Waals surface area contributed by atoms with Crippen molar-refractivity contribution in [3.05, 3.63) is 35.9 Å². The molecule has 0 fully saturated rings. The molecule has 14 heavy (non-hydrogen) atoms. The van der Waals surface area contributed by atoms with Gasteiger partial charge in [-0.3, -0.25) is 9.59 Å². The monoisotopic (exact) mass is 292 g/mol. The number of benzene rings is 1. The van der Waals surface area contributed by atoms with Crippen LogP contribution in [0.25, 0.3) is 0 Å². The molecule has 0 N–H and O–H groups in total. The summed E-state index contributed by atoms with van der Waals surface area (Å²) in [6, 6.07) is 8.76. The van der Waals surface area contributed by atoms with Gasteiger partial charge in [0, 0.05) is 22.9 Å². The van der Waals surface area contributed by atoms with Gasteiger partial charge >= 0.3 is 0 Å². The third kappa shape index (κ3) is 3.38. The number of alkyl halides is 1. The average molecular weight is 293 g/mol. The van der Waals surface area contributed by atoms with E-state index < -0.39 is 4.83 Å². The molecule has 1 rings (SSSR count). The van der Waals surface area contributed by atoms with E-state index in [1.165, 1.54) is 6.92 Å². The summed E-state index contributed by atoms with van der Waals surface area (Å²) in [6.07, 6.45) is 0. The minimum atomic E-state index is -0.713. The number of rotatable bonds is 3. The summed E-state index contributed by atoms with van der Waals surface area (Å²) in [7, 11) is 0. The number of Topliss-reactive ketones (excluding diaryl/α,β-unsaturated/α-hetero) is 2. The second-order valence-electron chi connectivity index (χ2n) is 2.70. The number of carbonyl (C=O) groups is 2. The van der Waals surface area contributed by atoms with E-state index in [4.69, 9.17) is 0 Å². The molecule has 0 radical (unpaired) electrons. The molecule has 0 aliphatic rings. The zero-order valence-corrected chi connectivity index (χ0v) is 10.4. The number of hydrogen-bond donors (Lipinski definition) is 0. The second-order valence-corrected chi connectivity index (χ2v) is 3.62. The van der Waals surface area contributed by atoms with Crippen LogP contribution in [0.15, 0.2) is 30.3 Å². The normalized spacial score (nSPS) is 11.3. The SMILES string of the molecule is CC(=O)C(Br)C(=O)c1ccccc1.[Cr]. The van der Waals surface area contributed by atoms with Gasteiger partial charge in [0.2, 0.25) is 0 Å². The van der Waals surface area contributed by atoms with Crippen molar-refractivity contribution in [1.29, 1.82) is 0 Å². The van der Waals surface area contributed by atoms with Gasteiger partial charge in [-0.2, -0.15) is 0 Å². The molecular formula is C10H9BrCrO2. The minimum absolute atomic E-state index is 0. The van der Waals surface area contributed by atoms with E-state index in [0.29, 0.717) is 5.56 Å². The van der Waals surface area contributed by atoms with Crippen LogP contribution in [0.1, 0.15) is 17.3 Å². The molecule has 4 heteroatoms. The molecule has 1 aromatic rings. The van der Waals surface area contributed by atoms with Crippen LogP contribution in [0.5, 0.6) is 0 Å². The van der Waals surface area contributed by atoms with Gasteiger partial charge in [-0.25, -0.2) is 0 Å². The minimum Gasteiger partial charge on any atom is -0.298 e. The van der Waals surface area contributed by atoms with E-state index in [1.807, 2.05) is 6.07 Å². The average Bonchev–Trinajstić information content (AvgIpc) is 2.17. The molecule has 0 spiro atoms. The van der Waals surface area contributed by atoms with Crippen molar-refractivity contribution in [3.63, 3.8) is 0 Å². The fourth-order valence-corrected chi connectivity index (χ4v) is 1.20. The van der Waals surface area contributed by atoms with Crippen molar-refractivity contribution in [2.75, 3.05) is 0 Å². The molecule has 0 amide bonds. The third-order valence-corrected chi connectivity index (χ3v) is 2.71. The van der Waals surface area contributed by atoms with Crippen molar-refractivity contribution in [1.82, 2.24) is 0 Å². The first-order valence-electron chi connectivity index (χ1n) is 3.86. The number of halogens is 1. The summed E-state index contributed by atoms with van der Waals surface area (Å²) < 4.78 is 0. The second kappa shape index (κ2) is 6.13. The molecule has 0 bridgehead atoms. The Kier molecular flexibility index (Phi) is 5.94. The van der Waals surface area contributed by atoms with Crippen LogP contribution in [0.3, 0.4) is 0 Å². The van der Waals surface area contributed by atoms with Gasteiger partial charge in [-0.1, -0.05) is 46.3 Å². The van der Waals surface area contributed by atoms with Gasteiger partial charge in [-0.15, -0.1) is 0 Å². The van der Waals surface area contributed by atoms with Gasteiger partial charge in [-0.05, 0) is 6.92 Å². The summed E-state index contributed by atoms with van der Waals surface area (Å²) in [4.78, 5) is 21.7. The molecule has 74 valence electrons. The standard InChI is InChI=1S/C10H9BrO2.Cr/c1-7(12)9(11)10(13)8-5-3-2-4-6-8;/h2-6,9H,1H3;. The predicted molar refractivity (Wildman–Crippen MR) is 54.2 cm³/mol. The molecule has 1 unspecified atom stereocenters. The molecule has 0 heterocycles. The summed E-state index contributed by atoms with van der Waals surface area (Å²) in [6.45, 7) is 1.39. The Morgan fingerprint density at radius 1 is 1.21 bits per heavy atom. The van der Waals surface area contributed by atoms with E-state index in [2.05, 4.69) is 15.9 Å². The third-order valence-electron chi connectivity index (χ3n) is 1.65. The van der Waals surface area contributed by atoms with E-state index in [0.717, 1.165) is 0 Å². The Morgan fingerprint density at radius 3 is 2.14 bits per heavy atom. The molecular weight excluding hydrogens is 284 g/mol. The van der Waals surface area contributed by atoms with Gasteiger partial charge in [0.15, 0.2) is 11.6 Å². The fraction of sp³-hybridized carbons (Fsp3) is 0.200. The Morgan fingerprint density at radius 2 is 1.71 bits per heavy atom. The number of carbonyl (C=O) groups excluding carboxylic acids is 2. The van der Waals surface area contributed by atoms with Gasteiger partial charge in [0.1, 0.15) is 4.83 Å². The molecule has 0 saturated heterocycles. The smallest absolute Gasteiger partial charge is 0.183 e. The van der Waals surface area contributed by atoms with Crippen LogP contribution in [0, 0.1) is 0 Å². The molecule has 1 aromatic carbocycles. The van der Waals surface area contributed by atoms with Gasteiger partial charge in [0.25, 0.3) is 0 Å². The van der Waals surface area contributed by atoms with E-state index in [-0.39, 0.29) is 28.9 Å². The van der Waals surface area contributed by atoms with Crippen molar-refractivity contribution in [3.8, 4) is 0 Å². The Balaban J connectivity index is 0.00000169. The zero-order chi connectivity index (χ0) is 9.84. The summed E-state index contributed by atoms with van der Waals surface area (Å²) in [5, 5.41) is 0. The number of ketones is 2. The van der Waals surface area contributed by atoms with Crippen LogP contribution < -0.4 is 0 Å². The number of hydrogen-bond acceptors (Lipinski definition) is 2. The topological polar surface area (TPSA) is 34.1 Å². The zero-order valence-electron chi connectivity index (χ0n) is 7.57. The van der Waals surface area contributed by atoms with Gasteiger partial charge in [0.05, 0.1) is 0 Å². The first kappa shape index (κ1) is 13.6. The van der Waals surface area contributed by atoms with Crippen LogP contribution in [-0.2, 0) is 22.2 Å². The Bertz CT molecular complexity index is 324. The first-order chi connectivity index (χ1) is 6.13. The molecule has 0 aliphatic heterocycles. The van der Waals surface area contributed by atoms with Crippen molar-refractivity contribution in [2.24, 2.45) is 0 Å². The van der Waals surface area contributed by atoms with Crippen LogP contribution >= 0.6 is 15.9 Å². The maximum Gasteiger partial charge on any atom is 0.183 e. The van der Waals surface area contributed by atoms with E-state index in [1.54, 1.807) is 24.3 Å². The molecule has 2 nitrogen and oxygen atoms in total. The van der Waals surface area contributed by atoms with E-state index in [9.17, 15) is 9.59 Å². The first-order valence-corrected chi connectivity index (χ1v) is 4.78. The fourth-order valence-electron chi connectivity index (χ4n) is 0.933. The largest absolute Gasteiger partial charge is 0.298 e. The summed E-state index contributed by atoms with van der Waals surface area (Å²) >= 11 is 3.05. The Labute approximate surface area is 102 Å². The molecule has 0 aromatic heterocycles. The van der Waals surface area contributed by atoms with Gasteiger partial charge < -0.3 is 0 Å². The molecule has 1 atom stereocenters. The predicted octanol–water partition coefficient (Wildman–Crippen LogP) is 2.22. The van der Waals surface area contributed by atoms with Crippen LogP contribution in [0.4, 0.5) is 0 Å². The van der Waals surface area contributed by atoms with Crippen LogP contribution in [-0.4, -0.2) is 16.4 Å². The molecule has 0 saturated carbocycles. The summed E-state index contributed by atoms with van der Waals surface area (Å²) in [5.41, 5.74) is 0.555.